The molecule has 2 aromatic heterocycles. The first-order valence-electron chi connectivity index (χ1n) is 23.2. The van der Waals surface area contributed by atoms with E-state index in [1.165, 1.54) is 76.7 Å². The molecule has 0 atom stereocenters. The van der Waals surface area contributed by atoms with Gasteiger partial charge in [0, 0.05) is 39.2 Å². The highest BCUT2D eigenvalue weighted by atomic mass is 32.1. The van der Waals surface area contributed by atoms with Crippen LogP contribution in [0.4, 0.5) is 0 Å². The molecule has 4 heteroatoms. The van der Waals surface area contributed by atoms with Crippen molar-refractivity contribution in [3.8, 4) is 61.7 Å². The van der Waals surface area contributed by atoms with E-state index in [4.69, 9.17) is 9.97 Å². The minimum atomic E-state index is -0.0293. The topological polar surface area (TPSA) is 30.7 Å². The van der Waals surface area contributed by atoms with Gasteiger partial charge in [0.25, 0.3) is 0 Å². The number of fused-ring (bicyclic) bond motifs is 9. The molecule has 0 radical (unpaired) electrons. The predicted octanol–water partition coefficient (Wildman–Crippen LogP) is 17.1. The molecular weight excluding hydrogens is 843 g/mol. The van der Waals surface area contributed by atoms with Gasteiger partial charge in [-0.25, -0.2) is 9.97 Å². The van der Waals surface area contributed by atoms with Crippen molar-refractivity contribution in [2.45, 2.75) is 19.3 Å². The third-order valence-electron chi connectivity index (χ3n) is 13.5. The molecule has 13 rings (SSSR count). The first-order valence-corrected chi connectivity index (χ1v) is 24.1. The van der Waals surface area contributed by atoms with Crippen LogP contribution in [-0.4, -0.2) is 20.8 Å². The zero-order valence-corrected chi connectivity index (χ0v) is 39.2. The van der Waals surface area contributed by atoms with E-state index in [1.54, 1.807) is 6.26 Å². The summed E-state index contributed by atoms with van der Waals surface area (Å²) in [6, 6.07) is 82.8. The molecule has 68 heavy (non-hydrogen) atoms. The van der Waals surface area contributed by atoms with Crippen molar-refractivity contribution in [1.29, 1.82) is 0 Å². The summed E-state index contributed by atoms with van der Waals surface area (Å²) in [5, 5.41) is 7.46. The number of aromatic nitrogens is 3. The molecule has 10 aromatic carbocycles. The number of hydrogen-bond donors (Lipinski definition) is 1. The number of hydrogen-bond acceptors (Lipinski definition) is 3. The minimum absolute atomic E-state index is 0.0293. The quantitative estimate of drug-likeness (QED) is 0.138. The molecule has 2 heterocycles. The van der Waals surface area contributed by atoms with Crippen LogP contribution < -0.4 is 0 Å². The third-order valence-corrected chi connectivity index (χ3v) is 13.5. The Morgan fingerprint density at radius 3 is 1.69 bits per heavy atom. The van der Waals surface area contributed by atoms with Crippen molar-refractivity contribution in [2.24, 2.45) is 0 Å². The molecule has 0 saturated heterocycles. The first kappa shape index (κ1) is 42.6. The molecule has 0 spiro atoms. The normalized spacial score (nSPS) is 12.2. The van der Waals surface area contributed by atoms with Crippen LogP contribution >= 0.6 is 12.6 Å². The van der Waals surface area contributed by atoms with Gasteiger partial charge in [0.2, 0.25) is 0 Å². The molecule has 1 aliphatic carbocycles. The molecule has 0 saturated carbocycles. The van der Waals surface area contributed by atoms with Gasteiger partial charge in [0.1, 0.15) is 0 Å². The Labute approximate surface area is 403 Å². The van der Waals surface area contributed by atoms with Gasteiger partial charge < -0.3 is 4.57 Å². The SMILES string of the molecule is CC1(C)c2ccccc2-c2cc(-c3ccc4c(c3)c3cc(-c5cccc(-c6nccc(-c7ccccc7)n6)c5)ccc3n4-c3ccc4c(ccc5ccccc54)c3)ccc21.CS.c1ccccc1. The second-order valence-electron chi connectivity index (χ2n) is 17.8. The zero-order valence-electron chi connectivity index (χ0n) is 38.3. The molecular formula is C64H49N3S. The summed E-state index contributed by atoms with van der Waals surface area (Å²) in [6.07, 6.45) is 3.55. The number of thiol groups is 1. The molecule has 12 aromatic rings. The van der Waals surface area contributed by atoms with Gasteiger partial charge in [-0.1, -0.05) is 190 Å². The van der Waals surface area contributed by atoms with Gasteiger partial charge in [-0.3, -0.25) is 0 Å². The lowest BCUT2D eigenvalue weighted by Crippen LogP contribution is -2.14. The van der Waals surface area contributed by atoms with Crippen LogP contribution in [0.5, 0.6) is 0 Å². The summed E-state index contributed by atoms with van der Waals surface area (Å²) in [5.41, 5.74) is 16.6. The summed E-state index contributed by atoms with van der Waals surface area (Å²) in [5.74, 6) is 0.713. The van der Waals surface area contributed by atoms with E-state index in [0.717, 1.165) is 33.6 Å². The highest BCUT2D eigenvalue weighted by Crippen LogP contribution is 2.50. The Morgan fingerprint density at radius 2 is 0.941 bits per heavy atom. The van der Waals surface area contributed by atoms with Gasteiger partial charge in [0.15, 0.2) is 5.82 Å². The van der Waals surface area contributed by atoms with Crippen molar-refractivity contribution >= 4 is 56.0 Å². The second-order valence-corrected chi connectivity index (χ2v) is 17.8. The van der Waals surface area contributed by atoms with Gasteiger partial charge in [-0.15, -0.1) is 0 Å². The van der Waals surface area contributed by atoms with Gasteiger partial charge >= 0.3 is 0 Å². The molecule has 0 unspecified atom stereocenters. The molecule has 0 amide bonds. The maximum Gasteiger partial charge on any atom is 0.159 e. The number of benzene rings is 10. The van der Waals surface area contributed by atoms with Crippen molar-refractivity contribution < 1.29 is 0 Å². The highest BCUT2D eigenvalue weighted by Gasteiger charge is 2.35. The van der Waals surface area contributed by atoms with E-state index in [2.05, 4.69) is 201 Å². The van der Waals surface area contributed by atoms with Crippen LogP contribution in [-0.2, 0) is 5.41 Å². The summed E-state index contributed by atoms with van der Waals surface area (Å²) < 4.78 is 2.44. The summed E-state index contributed by atoms with van der Waals surface area (Å²) >= 11 is 3.53. The van der Waals surface area contributed by atoms with Gasteiger partial charge in [0.05, 0.1) is 16.7 Å². The monoisotopic (exact) mass is 891 g/mol. The van der Waals surface area contributed by atoms with E-state index in [1.807, 2.05) is 66.9 Å². The van der Waals surface area contributed by atoms with Crippen molar-refractivity contribution in [2.75, 3.05) is 6.26 Å². The number of nitrogens with zero attached hydrogens (tertiary/aromatic N) is 3. The molecule has 1 aliphatic rings. The molecule has 0 bridgehead atoms. The smallest absolute Gasteiger partial charge is 0.159 e. The first-order chi connectivity index (χ1) is 33.5. The molecule has 326 valence electrons. The standard InChI is InChI=1S/C57H39N3.C6H6.CH4S/c1-57(2)51-18-9-8-17-47(51)48-33-39(21-26-52(48)57)41-23-28-55-50(35-41)49-34-40(38-14-10-15-43(31-38)56-58-30-29-53(59-56)37-12-4-3-5-13-37)22-27-54(49)60(55)44-24-25-46-42(32-44)20-19-36-11-6-7-16-45(36)46;1-2-4-6-5-3-1;1-2/h3-35H,1-2H3;1-6H;2H,1H3. The Balaban J connectivity index is 0.000000584. The number of rotatable bonds is 5. The van der Waals surface area contributed by atoms with E-state index in [9.17, 15) is 0 Å². The predicted molar refractivity (Wildman–Crippen MR) is 292 cm³/mol. The van der Waals surface area contributed by atoms with Crippen LogP contribution in [0, 0.1) is 0 Å². The Hall–Kier alpha value is -8.05. The van der Waals surface area contributed by atoms with Crippen molar-refractivity contribution in [3.05, 3.63) is 248 Å². The average molecular weight is 892 g/mol. The van der Waals surface area contributed by atoms with Crippen molar-refractivity contribution in [1.82, 2.24) is 14.5 Å². The lowest BCUT2D eigenvalue weighted by atomic mass is 9.82. The lowest BCUT2D eigenvalue weighted by molar-refractivity contribution is 0.660. The van der Waals surface area contributed by atoms with Gasteiger partial charge in [-0.2, -0.15) is 12.6 Å². The fraction of sp³-hybridized carbons (Fsp3) is 0.0625. The van der Waals surface area contributed by atoms with Crippen LogP contribution in [0.1, 0.15) is 25.0 Å². The summed E-state index contributed by atoms with van der Waals surface area (Å²) in [7, 11) is 0. The van der Waals surface area contributed by atoms with Crippen LogP contribution in [0.15, 0.2) is 237 Å². The highest BCUT2D eigenvalue weighted by molar-refractivity contribution is 7.79. The second kappa shape index (κ2) is 18.0. The summed E-state index contributed by atoms with van der Waals surface area (Å²) in [6.45, 7) is 4.69. The maximum absolute atomic E-state index is 4.98. The van der Waals surface area contributed by atoms with E-state index in [0.29, 0.717) is 5.82 Å². The van der Waals surface area contributed by atoms with Crippen LogP contribution in [0.2, 0.25) is 0 Å². The average Bonchev–Trinajstić information content (AvgIpc) is 3.86. The Morgan fingerprint density at radius 1 is 0.382 bits per heavy atom. The Kier molecular flexibility index (Phi) is 11.3. The fourth-order valence-electron chi connectivity index (χ4n) is 10.2. The minimum Gasteiger partial charge on any atom is -0.309 e. The zero-order chi connectivity index (χ0) is 46.2. The van der Waals surface area contributed by atoms with Gasteiger partial charge in [-0.05, 0) is 127 Å². The molecule has 0 N–H and O–H groups in total. The summed E-state index contributed by atoms with van der Waals surface area (Å²) in [4.78, 5) is 9.68. The maximum atomic E-state index is 4.98. The van der Waals surface area contributed by atoms with Crippen LogP contribution in [0.25, 0.3) is 105 Å². The van der Waals surface area contributed by atoms with E-state index in [-0.39, 0.29) is 5.41 Å². The van der Waals surface area contributed by atoms with Crippen LogP contribution in [0.3, 0.4) is 0 Å². The molecule has 0 fully saturated rings. The third kappa shape index (κ3) is 7.63. The van der Waals surface area contributed by atoms with E-state index < -0.39 is 0 Å². The Bertz CT molecular complexity index is 3770. The lowest BCUT2D eigenvalue weighted by Gasteiger charge is -2.21. The molecule has 0 aliphatic heterocycles. The largest absolute Gasteiger partial charge is 0.309 e. The van der Waals surface area contributed by atoms with Crippen molar-refractivity contribution in [3.63, 3.8) is 0 Å². The fourth-order valence-corrected chi connectivity index (χ4v) is 10.2. The van der Waals surface area contributed by atoms with E-state index >= 15 is 0 Å². The molecule has 3 nitrogen and oxygen atoms in total.